The van der Waals surface area contributed by atoms with Gasteiger partial charge in [0.1, 0.15) is 11.3 Å². The van der Waals surface area contributed by atoms with Gasteiger partial charge in [-0.1, -0.05) is 65.0 Å². The normalized spacial score (nSPS) is 10.8. The van der Waals surface area contributed by atoms with Gasteiger partial charge in [-0.25, -0.2) is 0 Å². The summed E-state index contributed by atoms with van der Waals surface area (Å²) in [6.45, 7) is -0.167. The van der Waals surface area contributed by atoms with Crippen LogP contribution in [-0.4, -0.2) is 27.7 Å². The number of benzene rings is 2. The van der Waals surface area contributed by atoms with Crippen molar-refractivity contribution in [1.82, 2.24) is 15.2 Å². The molecule has 0 aliphatic rings. The average molecular weight is 443 g/mol. The SMILES string of the molecule is O=C(COc1ccc(Cl)c2cccnc12)Nc1nnc(SCc2ccccc2)s1. The van der Waals surface area contributed by atoms with E-state index in [1.807, 2.05) is 24.3 Å². The highest BCUT2D eigenvalue weighted by molar-refractivity contribution is 8.00. The third kappa shape index (κ3) is 5.03. The number of amides is 1. The van der Waals surface area contributed by atoms with E-state index in [1.54, 1.807) is 36.2 Å². The molecule has 0 saturated carbocycles. The Hall–Kier alpha value is -2.68. The zero-order valence-electron chi connectivity index (χ0n) is 15.0. The number of pyridine rings is 1. The van der Waals surface area contributed by atoms with Crippen molar-refractivity contribution in [3.8, 4) is 5.75 Å². The molecule has 4 aromatic rings. The topological polar surface area (TPSA) is 77.0 Å². The summed E-state index contributed by atoms with van der Waals surface area (Å²) in [5, 5.41) is 12.6. The number of nitrogens with zero attached hydrogens (tertiary/aromatic N) is 3. The Morgan fingerprint density at radius 2 is 1.97 bits per heavy atom. The fourth-order valence-corrected chi connectivity index (χ4v) is 4.50. The predicted octanol–water partition coefficient (Wildman–Crippen LogP) is 5.05. The lowest BCUT2D eigenvalue weighted by molar-refractivity contribution is -0.118. The van der Waals surface area contributed by atoms with Crippen molar-refractivity contribution in [3.63, 3.8) is 0 Å². The van der Waals surface area contributed by atoms with Gasteiger partial charge in [-0.3, -0.25) is 15.1 Å². The van der Waals surface area contributed by atoms with Crippen LogP contribution in [0.2, 0.25) is 5.02 Å². The monoisotopic (exact) mass is 442 g/mol. The third-order valence-electron chi connectivity index (χ3n) is 3.90. The molecule has 0 fully saturated rings. The fraction of sp³-hybridized carbons (Fsp3) is 0.100. The minimum atomic E-state index is -0.320. The van der Waals surface area contributed by atoms with Crippen LogP contribution in [0.5, 0.6) is 5.75 Å². The van der Waals surface area contributed by atoms with Gasteiger partial charge in [0, 0.05) is 17.3 Å². The predicted molar refractivity (Wildman–Crippen MR) is 117 cm³/mol. The standard InChI is InChI=1S/C20H15ClN4O2S2/c21-15-8-9-16(18-14(15)7-4-10-22-18)27-11-17(26)23-19-24-25-20(29-19)28-12-13-5-2-1-3-6-13/h1-10H,11-12H2,(H,23,24,26). The Labute approximate surface area is 180 Å². The molecule has 146 valence electrons. The first-order valence-corrected chi connectivity index (χ1v) is 10.8. The Balaban J connectivity index is 1.33. The van der Waals surface area contributed by atoms with Crippen LogP contribution in [0.15, 0.2) is 65.1 Å². The molecular formula is C20H15ClN4O2S2. The van der Waals surface area contributed by atoms with Gasteiger partial charge in [-0.05, 0) is 29.8 Å². The zero-order valence-corrected chi connectivity index (χ0v) is 17.4. The van der Waals surface area contributed by atoms with Crippen LogP contribution in [0.3, 0.4) is 0 Å². The molecule has 2 heterocycles. The third-order valence-corrected chi connectivity index (χ3v) is 6.27. The highest BCUT2D eigenvalue weighted by Gasteiger charge is 2.12. The van der Waals surface area contributed by atoms with Crippen molar-refractivity contribution in [1.29, 1.82) is 0 Å². The van der Waals surface area contributed by atoms with Gasteiger partial charge in [-0.15, -0.1) is 10.2 Å². The molecule has 2 aromatic heterocycles. The maximum Gasteiger partial charge on any atom is 0.264 e. The Kier molecular flexibility index (Phi) is 6.24. The van der Waals surface area contributed by atoms with E-state index < -0.39 is 0 Å². The maximum absolute atomic E-state index is 12.2. The number of anilines is 1. The summed E-state index contributed by atoms with van der Waals surface area (Å²) in [5.74, 6) is 0.972. The van der Waals surface area contributed by atoms with E-state index in [-0.39, 0.29) is 12.5 Å². The molecule has 0 aliphatic heterocycles. The second-order valence-electron chi connectivity index (χ2n) is 5.93. The molecule has 29 heavy (non-hydrogen) atoms. The Morgan fingerprint density at radius 3 is 2.83 bits per heavy atom. The molecular weight excluding hydrogens is 428 g/mol. The average Bonchev–Trinajstić information content (AvgIpc) is 3.20. The van der Waals surface area contributed by atoms with Crippen LogP contribution in [-0.2, 0) is 10.5 Å². The number of thioether (sulfide) groups is 1. The molecule has 0 unspecified atom stereocenters. The lowest BCUT2D eigenvalue weighted by Gasteiger charge is -2.09. The molecule has 1 N–H and O–H groups in total. The maximum atomic E-state index is 12.2. The number of ether oxygens (including phenoxy) is 1. The Bertz CT molecular complexity index is 1140. The summed E-state index contributed by atoms with van der Waals surface area (Å²) >= 11 is 9.08. The number of halogens is 1. The van der Waals surface area contributed by atoms with Gasteiger partial charge in [0.15, 0.2) is 10.9 Å². The van der Waals surface area contributed by atoms with Crippen molar-refractivity contribution in [2.45, 2.75) is 10.1 Å². The van der Waals surface area contributed by atoms with Crippen LogP contribution < -0.4 is 10.1 Å². The quantitative estimate of drug-likeness (QED) is 0.319. The zero-order chi connectivity index (χ0) is 20.1. The minimum Gasteiger partial charge on any atom is -0.481 e. The number of fused-ring (bicyclic) bond motifs is 1. The first-order valence-electron chi connectivity index (χ1n) is 8.65. The summed E-state index contributed by atoms with van der Waals surface area (Å²) in [6, 6.07) is 17.2. The molecule has 0 saturated heterocycles. The van der Waals surface area contributed by atoms with E-state index in [2.05, 4.69) is 32.6 Å². The smallest absolute Gasteiger partial charge is 0.264 e. The van der Waals surface area contributed by atoms with Crippen LogP contribution in [0.4, 0.5) is 5.13 Å². The molecule has 0 spiro atoms. The van der Waals surface area contributed by atoms with Crippen LogP contribution in [0.1, 0.15) is 5.56 Å². The van der Waals surface area contributed by atoms with Gasteiger partial charge >= 0.3 is 0 Å². The summed E-state index contributed by atoms with van der Waals surface area (Å²) < 4.78 is 6.43. The van der Waals surface area contributed by atoms with E-state index in [0.29, 0.717) is 21.4 Å². The molecule has 0 atom stereocenters. The summed E-state index contributed by atoms with van der Waals surface area (Å²) in [5.41, 5.74) is 1.82. The molecule has 0 radical (unpaired) electrons. The largest absolute Gasteiger partial charge is 0.481 e. The lowest BCUT2D eigenvalue weighted by Crippen LogP contribution is -2.20. The van der Waals surface area contributed by atoms with Gasteiger partial charge in [0.25, 0.3) is 5.91 Å². The van der Waals surface area contributed by atoms with Gasteiger partial charge in [0.05, 0.1) is 5.02 Å². The van der Waals surface area contributed by atoms with E-state index in [0.717, 1.165) is 15.5 Å². The summed E-state index contributed by atoms with van der Waals surface area (Å²) in [4.78, 5) is 16.5. The first kappa shape index (κ1) is 19.6. The number of rotatable bonds is 7. The van der Waals surface area contributed by atoms with Crippen molar-refractivity contribution in [3.05, 3.63) is 71.4 Å². The van der Waals surface area contributed by atoms with E-state index in [1.165, 1.54) is 16.9 Å². The van der Waals surface area contributed by atoms with Gasteiger partial charge in [0.2, 0.25) is 5.13 Å². The lowest BCUT2D eigenvalue weighted by atomic mass is 10.2. The molecule has 4 rings (SSSR count). The van der Waals surface area contributed by atoms with Crippen LogP contribution in [0, 0.1) is 0 Å². The Morgan fingerprint density at radius 1 is 1.10 bits per heavy atom. The van der Waals surface area contributed by atoms with E-state index in [9.17, 15) is 4.79 Å². The van der Waals surface area contributed by atoms with Crippen LogP contribution in [0.25, 0.3) is 10.9 Å². The minimum absolute atomic E-state index is 0.167. The second-order valence-corrected chi connectivity index (χ2v) is 8.54. The molecule has 1 amide bonds. The molecule has 0 aliphatic carbocycles. The van der Waals surface area contributed by atoms with Gasteiger partial charge in [-0.2, -0.15) is 0 Å². The summed E-state index contributed by atoms with van der Waals surface area (Å²) in [7, 11) is 0. The second kappa shape index (κ2) is 9.21. The van der Waals surface area contributed by atoms with Crippen LogP contribution >= 0.6 is 34.7 Å². The molecule has 0 bridgehead atoms. The number of hydrogen-bond donors (Lipinski definition) is 1. The number of nitrogens with one attached hydrogen (secondary N) is 1. The van der Waals surface area contributed by atoms with Crippen molar-refractivity contribution in [2.75, 3.05) is 11.9 Å². The highest BCUT2D eigenvalue weighted by atomic mass is 35.5. The number of aromatic nitrogens is 3. The molecule has 6 nitrogen and oxygen atoms in total. The molecule has 2 aromatic carbocycles. The van der Waals surface area contributed by atoms with Gasteiger partial charge < -0.3 is 4.74 Å². The number of carbonyl (C=O) groups excluding carboxylic acids is 1. The van der Waals surface area contributed by atoms with Crippen molar-refractivity contribution < 1.29 is 9.53 Å². The number of carbonyl (C=O) groups is 1. The van der Waals surface area contributed by atoms with Crippen molar-refractivity contribution >= 4 is 56.6 Å². The van der Waals surface area contributed by atoms with E-state index in [4.69, 9.17) is 16.3 Å². The first-order chi connectivity index (χ1) is 14.2. The highest BCUT2D eigenvalue weighted by Crippen LogP contribution is 2.30. The summed E-state index contributed by atoms with van der Waals surface area (Å²) in [6.07, 6.45) is 1.65. The van der Waals surface area contributed by atoms with Crippen molar-refractivity contribution in [2.24, 2.45) is 0 Å². The fourth-order valence-electron chi connectivity index (χ4n) is 2.56. The number of hydrogen-bond acceptors (Lipinski definition) is 7. The molecule has 9 heteroatoms. The van der Waals surface area contributed by atoms with E-state index >= 15 is 0 Å².